The van der Waals surface area contributed by atoms with Crippen LogP contribution in [0.3, 0.4) is 0 Å². The van der Waals surface area contributed by atoms with E-state index in [1.807, 2.05) is 97.1 Å². The van der Waals surface area contributed by atoms with Crippen molar-refractivity contribution in [2.45, 2.75) is 102 Å². The molecule has 326 valence electrons. The van der Waals surface area contributed by atoms with Crippen LogP contribution in [0.15, 0.2) is 131 Å². The zero-order chi connectivity index (χ0) is 44.3. The summed E-state index contributed by atoms with van der Waals surface area (Å²) in [4.78, 5) is 53.8. The summed E-state index contributed by atoms with van der Waals surface area (Å²) < 4.78 is 20.0. The fourth-order valence-corrected chi connectivity index (χ4v) is 13.6. The molecule has 4 aromatic rings. The van der Waals surface area contributed by atoms with Crippen LogP contribution >= 0.6 is 0 Å². The number of hydrogen-bond acceptors (Lipinski definition) is 11. The van der Waals surface area contributed by atoms with Crippen LogP contribution < -0.4 is 15.7 Å². The number of fused-ring (bicyclic) bond motifs is 1. The van der Waals surface area contributed by atoms with Gasteiger partial charge in [-0.1, -0.05) is 156 Å². The van der Waals surface area contributed by atoms with Crippen LogP contribution in [0.4, 0.5) is 0 Å². The Morgan fingerprint density at radius 3 is 1.95 bits per heavy atom. The molecule has 4 aromatic carbocycles. The first-order valence-electron chi connectivity index (χ1n) is 21.2. The van der Waals surface area contributed by atoms with Gasteiger partial charge in [0.25, 0.3) is 14.2 Å². The van der Waals surface area contributed by atoms with Gasteiger partial charge in [0.2, 0.25) is 11.9 Å². The fourth-order valence-electron chi connectivity index (χ4n) is 9.06. The van der Waals surface area contributed by atoms with Crippen molar-refractivity contribution in [3.8, 4) is 0 Å². The average molecular weight is 860 g/mol. The van der Waals surface area contributed by atoms with E-state index in [1.54, 1.807) is 23.6 Å². The molecule has 1 saturated heterocycles. The highest BCUT2D eigenvalue weighted by atomic mass is 28.4. The van der Waals surface area contributed by atoms with Crippen LogP contribution in [0.5, 0.6) is 0 Å². The summed E-state index contributed by atoms with van der Waals surface area (Å²) >= 11 is 0. The number of ether oxygens (including phenoxy) is 2. The van der Waals surface area contributed by atoms with Crippen LogP contribution in [0.1, 0.15) is 59.1 Å². The third-order valence-electron chi connectivity index (χ3n) is 12.2. The van der Waals surface area contributed by atoms with Gasteiger partial charge in [-0.15, -0.1) is 0 Å². The maximum Gasteiger partial charge on any atom is 0.303 e. The molecule has 4 unspecified atom stereocenters. The van der Waals surface area contributed by atoms with Gasteiger partial charge < -0.3 is 33.9 Å². The van der Waals surface area contributed by atoms with Gasteiger partial charge in [-0.05, 0) is 26.5 Å². The molecule has 62 heavy (non-hydrogen) atoms. The number of hydrogen-bond donors (Lipinski definition) is 3. The first-order valence-corrected chi connectivity index (χ1v) is 23.1. The van der Waals surface area contributed by atoms with Gasteiger partial charge in [-0.25, -0.2) is 0 Å². The van der Waals surface area contributed by atoms with Crippen molar-refractivity contribution in [3.05, 3.63) is 132 Å². The summed E-state index contributed by atoms with van der Waals surface area (Å²) in [6.45, 7) is 10.8. The SMILES string of the molecule is CC(=O)OC1C(O)[C@](CO)(CCO[Si](c2ccccc2)(c2ccccc2)C(C)(C)C)O[C@H]1N1C=NC2(Cc3ccccc3)C(=O)N=C(NC(=O)C(C)C)N(Cc3ccccc3)C12. The van der Waals surface area contributed by atoms with Crippen LogP contribution in [-0.4, -0.2) is 107 Å². The van der Waals surface area contributed by atoms with Crippen molar-refractivity contribution < 1.29 is 38.5 Å². The third-order valence-corrected chi connectivity index (χ3v) is 17.2. The lowest BCUT2D eigenvalue weighted by Gasteiger charge is -2.48. The smallest absolute Gasteiger partial charge is 0.303 e. The van der Waals surface area contributed by atoms with Crippen LogP contribution in [0.2, 0.25) is 5.04 Å². The third kappa shape index (κ3) is 8.37. The molecule has 0 saturated carbocycles. The molecule has 0 spiro atoms. The van der Waals surface area contributed by atoms with E-state index in [1.165, 1.54) is 13.3 Å². The molecule has 0 aliphatic carbocycles. The molecule has 7 rings (SSSR count). The highest BCUT2D eigenvalue weighted by Crippen LogP contribution is 2.45. The molecule has 0 bridgehead atoms. The summed E-state index contributed by atoms with van der Waals surface area (Å²) in [7, 11) is -3.06. The molecule has 6 atom stereocenters. The van der Waals surface area contributed by atoms with Gasteiger partial charge in [0.05, 0.1) is 12.9 Å². The second-order valence-corrected chi connectivity index (χ2v) is 22.0. The maximum absolute atomic E-state index is 14.6. The van der Waals surface area contributed by atoms with Gasteiger partial charge in [0.1, 0.15) is 17.9 Å². The molecule has 3 aliphatic rings. The zero-order valence-corrected chi connectivity index (χ0v) is 37.2. The van der Waals surface area contributed by atoms with E-state index in [0.717, 1.165) is 21.5 Å². The number of carbonyl (C=O) groups excluding carboxylic acids is 3. The minimum atomic E-state index is -3.06. The molecule has 3 heterocycles. The monoisotopic (exact) mass is 859 g/mol. The summed E-state index contributed by atoms with van der Waals surface area (Å²) in [6, 6.07) is 39.3. The first-order chi connectivity index (χ1) is 29.7. The number of aliphatic hydroxyl groups is 2. The van der Waals surface area contributed by atoms with E-state index in [4.69, 9.17) is 18.9 Å². The van der Waals surface area contributed by atoms with Crippen molar-refractivity contribution in [1.29, 1.82) is 0 Å². The normalized spacial score (nSPS) is 24.9. The van der Waals surface area contributed by atoms with Gasteiger partial charge in [-0.3, -0.25) is 24.7 Å². The van der Waals surface area contributed by atoms with Crippen LogP contribution in [0, 0.1) is 5.92 Å². The fraction of sp³-hybridized carbons (Fsp3) is 0.396. The highest BCUT2D eigenvalue weighted by molar-refractivity contribution is 6.99. The minimum Gasteiger partial charge on any atom is -0.455 e. The lowest BCUT2D eigenvalue weighted by atomic mass is 9.85. The quantitative estimate of drug-likeness (QED) is 0.124. The second kappa shape index (κ2) is 18.1. The Hall–Kier alpha value is -5.51. The zero-order valence-electron chi connectivity index (χ0n) is 36.2. The Bertz CT molecular complexity index is 2220. The molecule has 3 aliphatic heterocycles. The summed E-state index contributed by atoms with van der Waals surface area (Å²) in [5.41, 5.74) is -1.61. The first kappa shape index (κ1) is 44.5. The summed E-state index contributed by atoms with van der Waals surface area (Å²) in [5.74, 6) is -2.03. The molecular formula is C48H57N5O8Si. The Morgan fingerprint density at radius 2 is 1.44 bits per heavy atom. The molecule has 0 radical (unpaired) electrons. The van der Waals surface area contributed by atoms with E-state index >= 15 is 0 Å². The van der Waals surface area contributed by atoms with E-state index in [0.29, 0.717) is 0 Å². The molecule has 3 N–H and O–H groups in total. The van der Waals surface area contributed by atoms with Crippen molar-refractivity contribution in [3.63, 3.8) is 0 Å². The Balaban J connectivity index is 1.30. The number of nitrogens with one attached hydrogen (secondary N) is 1. The topological polar surface area (TPSA) is 163 Å². The Morgan fingerprint density at radius 1 is 0.887 bits per heavy atom. The standard InChI is InChI=1S/C48H57N5O8Si/c1-33(2)41(57)50-45-51-43(58)48(29-35-19-11-7-12-20-35)44(52(45)30-36-21-13-8-14-22-36)53(32-49-48)42-39(60-34(3)55)40(56)47(31-54,61-42)27-28-59-62(46(4,5)6,37-23-15-9-16-24-37)38-25-17-10-18-26-38/h7-26,32-33,39-40,42,44,54,56H,27-31H2,1-6H3,(H,50,51,57,58)/t39?,40?,42-,44?,47-,48?/m1/s1. The van der Waals surface area contributed by atoms with E-state index in [9.17, 15) is 24.6 Å². The van der Waals surface area contributed by atoms with Crippen LogP contribution in [0.25, 0.3) is 0 Å². The number of aliphatic imine (C=N–C) groups is 2. The van der Waals surface area contributed by atoms with Crippen LogP contribution in [-0.2, 0) is 41.2 Å². The Labute approximate surface area is 364 Å². The predicted molar refractivity (Wildman–Crippen MR) is 239 cm³/mol. The Kier molecular flexibility index (Phi) is 13.0. The van der Waals surface area contributed by atoms with E-state index in [2.05, 4.69) is 55.3 Å². The number of guanidine groups is 1. The molecule has 1 fully saturated rings. The molecular weight excluding hydrogens is 803 g/mol. The molecule has 14 heteroatoms. The number of esters is 1. The lowest BCUT2D eigenvalue weighted by molar-refractivity contribution is -0.168. The number of benzene rings is 4. The predicted octanol–water partition coefficient (Wildman–Crippen LogP) is 4.16. The number of rotatable bonds is 14. The van der Waals surface area contributed by atoms with Crippen molar-refractivity contribution in [2.75, 3.05) is 13.2 Å². The molecule has 13 nitrogen and oxygen atoms in total. The maximum atomic E-state index is 14.6. The largest absolute Gasteiger partial charge is 0.455 e. The number of amides is 2. The lowest BCUT2D eigenvalue weighted by Crippen LogP contribution is -2.69. The summed E-state index contributed by atoms with van der Waals surface area (Å²) in [5, 5.41) is 28.3. The minimum absolute atomic E-state index is 0.0120. The van der Waals surface area contributed by atoms with Gasteiger partial charge in [0.15, 0.2) is 17.9 Å². The van der Waals surface area contributed by atoms with Gasteiger partial charge >= 0.3 is 5.97 Å². The second-order valence-electron chi connectivity index (χ2n) is 17.7. The van der Waals surface area contributed by atoms with Crippen molar-refractivity contribution >= 4 is 48.8 Å². The molecule has 0 aromatic heterocycles. The number of aliphatic hydroxyl groups excluding tert-OH is 2. The average Bonchev–Trinajstić information content (AvgIpc) is 3.77. The number of carbonyl (C=O) groups is 3. The summed E-state index contributed by atoms with van der Waals surface area (Å²) in [6.07, 6.45) is -3.58. The van der Waals surface area contributed by atoms with Crippen molar-refractivity contribution in [2.24, 2.45) is 15.9 Å². The van der Waals surface area contributed by atoms with Gasteiger partial charge in [0, 0.05) is 38.8 Å². The van der Waals surface area contributed by atoms with E-state index < -0.39 is 68.5 Å². The molecule has 2 amide bonds. The number of nitrogens with zero attached hydrogens (tertiary/aromatic N) is 4. The van der Waals surface area contributed by atoms with Crippen molar-refractivity contribution in [1.82, 2.24) is 15.1 Å². The van der Waals surface area contributed by atoms with E-state index in [-0.39, 0.29) is 42.9 Å². The highest BCUT2D eigenvalue weighted by Gasteiger charge is 2.65. The van der Waals surface area contributed by atoms with Gasteiger partial charge in [-0.2, -0.15) is 4.99 Å².